The van der Waals surface area contributed by atoms with Crippen molar-refractivity contribution in [2.75, 3.05) is 13.1 Å². The number of rotatable bonds is 7. The quantitative estimate of drug-likeness (QED) is 0.759. The highest BCUT2D eigenvalue weighted by atomic mass is 35.5. The van der Waals surface area contributed by atoms with E-state index in [2.05, 4.69) is 29.4 Å². The normalized spacial score (nSPS) is 18.1. The highest BCUT2D eigenvalue weighted by Gasteiger charge is 2.29. The summed E-state index contributed by atoms with van der Waals surface area (Å²) in [4.78, 5) is 15.1. The van der Waals surface area contributed by atoms with Crippen molar-refractivity contribution in [3.63, 3.8) is 0 Å². The predicted molar refractivity (Wildman–Crippen MR) is 109 cm³/mol. The minimum absolute atomic E-state index is 0.130. The van der Waals surface area contributed by atoms with Crippen LogP contribution >= 0.6 is 11.6 Å². The van der Waals surface area contributed by atoms with Crippen molar-refractivity contribution >= 4 is 17.5 Å². The molecule has 1 N–H and O–H groups in total. The summed E-state index contributed by atoms with van der Waals surface area (Å²) in [6, 6.07) is 1.71. The topological polar surface area (TPSA) is 76.2 Å². The molecule has 8 heteroatoms. The number of carbonyl (C=O) groups excluding carboxylic acids is 1. The van der Waals surface area contributed by atoms with Crippen LogP contribution in [-0.2, 0) is 18.4 Å². The Morgan fingerprint density at radius 2 is 2.18 bits per heavy atom. The highest BCUT2D eigenvalue weighted by molar-refractivity contribution is 6.30. The van der Waals surface area contributed by atoms with Gasteiger partial charge >= 0.3 is 0 Å². The second-order valence-electron chi connectivity index (χ2n) is 8.01. The molecule has 1 unspecified atom stereocenters. The molecule has 1 atom stereocenters. The van der Waals surface area contributed by atoms with Crippen molar-refractivity contribution in [2.24, 2.45) is 13.0 Å². The number of nitrogens with one attached hydrogen (secondary N) is 1. The number of carbonyl (C=O) groups is 1. The summed E-state index contributed by atoms with van der Waals surface area (Å²) in [7, 11) is 1.79. The second-order valence-corrected chi connectivity index (χ2v) is 8.37. The number of hydrogen-bond donors (Lipinski definition) is 1. The van der Waals surface area contributed by atoms with E-state index in [-0.39, 0.29) is 11.9 Å². The zero-order chi connectivity index (χ0) is 20.3. The Morgan fingerprint density at radius 3 is 2.86 bits per heavy atom. The molecular weight excluding hydrogens is 378 g/mol. The van der Waals surface area contributed by atoms with Gasteiger partial charge in [-0.3, -0.25) is 9.48 Å². The van der Waals surface area contributed by atoms with Crippen molar-refractivity contribution in [3.05, 3.63) is 22.5 Å². The van der Waals surface area contributed by atoms with Crippen molar-refractivity contribution in [1.29, 1.82) is 0 Å². The lowest BCUT2D eigenvalue weighted by Crippen LogP contribution is -2.45. The predicted octanol–water partition coefficient (Wildman–Crippen LogP) is 3.55. The summed E-state index contributed by atoms with van der Waals surface area (Å²) < 4.78 is 6.82. The Morgan fingerprint density at radius 1 is 1.39 bits per heavy atom. The van der Waals surface area contributed by atoms with Crippen LogP contribution in [0, 0.1) is 12.8 Å². The lowest BCUT2D eigenvalue weighted by molar-refractivity contribution is -0.133. The third-order valence-corrected chi connectivity index (χ3v) is 5.65. The fourth-order valence-corrected chi connectivity index (χ4v) is 3.75. The first kappa shape index (κ1) is 20.9. The molecular formula is C20H30ClN5O2. The van der Waals surface area contributed by atoms with E-state index >= 15 is 0 Å². The van der Waals surface area contributed by atoms with Crippen molar-refractivity contribution in [2.45, 2.75) is 59.0 Å². The number of aryl methyl sites for hydroxylation is 2. The lowest BCUT2D eigenvalue weighted by Gasteiger charge is -2.25. The summed E-state index contributed by atoms with van der Waals surface area (Å²) in [5.74, 6) is 1.47. The third-order valence-electron chi connectivity index (χ3n) is 5.18. The molecule has 1 saturated heterocycles. The first-order chi connectivity index (χ1) is 13.4. The van der Waals surface area contributed by atoms with Gasteiger partial charge in [0, 0.05) is 25.2 Å². The van der Waals surface area contributed by atoms with E-state index in [0.717, 1.165) is 44.3 Å². The molecule has 1 amide bonds. The molecule has 2 aromatic rings. The Bertz CT molecular complexity index is 814. The maximum Gasteiger partial charge on any atom is 0.240 e. The fraction of sp³-hybridized carbons (Fsp3) is 0.650. The molecule has 154 valence electrons. The number of likely N-dealkylation sites (tertiary alicyclic amines) is 1. The summed E-state index contributed by atoms with van der Waals surface area (Å²) in [6.45, 7) is 8.24. The number of nitrogens with zero attached hydrogens (tertiary/aromatic N) is 4. The average Bonchev–Trinajstić information content (AvgIpc) is 3.13. The number of hydrogen-bond acceptors (Lipinski definition) is 5. The molecule has 1 fully saturated rings. The molecule has 3 rings (SSSR count). The van der Waals surface area contributed by atoms with Crippen molar-refractivity contribution in [3.8, 4) is 11.4 Å². The van der Waals surface area contributed by atoms with Crippen LogP contribution < -0.4 is 5.32 Å². The van der Waals surface area contributed by atoms with E-state index in [4.69, 9.17) is 16.1 Å². The molecule has 0 saturated carbocycles. The van der Waals surface area contributed by atoms with Crippen LogP contribution in [0.1, 0.15) is 50.9 Å². The van der Waals surface area contributed by atoms with E-state index in [1.54, 1.807) is 11.7 Å². The second kappa shape index (κ2) is 9.09. The smallest absolute Gasteiger partial charge is 0.240 e. The van der Waals surface area contributed by atoms with Crippen LogP contribution in [0.15, 0.2) is 10.6 Å². The standard InChI is InChI=1S/C20H30ClN5O2/c1-13(2)8-9-22-16-7-5-6-10-26(20(16)27)12-15-18(23-25(4)19(15)21)17-11-14(3)28-24-17/h11,13,16,22H,5-10,12H2,1-4H3. The molecule has 28 heavy (non-hydrogen) atoms. The van der Waals surface area contributed by atoms with Crippen LogP contribution in [0.4, 0.5) is 0 Å². The average molecular weight is 408 g/mol. The van der Waals surface area contributed by atoms with Crippen LogP contribution in [-0.4, -0.2) is 44.9 Å². The van der Waals surface area contributed by atoms with Crippen molar-refractivity contribution < 1.29 is 9.32 Å². The minimum atomic E-state index is -0.130. The van der Waals surface area contributed by atoms with Gasteiger partial charge in [-0.25, -0.2) is 0 Å². The molecule has 2 aromatic heterocycles. The molecule has 0 radical (unpaired) electrons. The Kier molecular flexibility index (Phi) is 6.78. The molecule has 0 aromatic carbocycles. The zero-order valence-corrected chi connectivity index (χ0v) is 17.9. The summed E-state index contributed by atoms with van der Waals surface area (Å²) in [5.41, 5.74) is 2.13. The van der Waals surface area contributed by atoms with Crippen LogP contribution in [0.3, 0.4) is 0 Å². The van der Waals surface area contributed by atoms with Gasteiger partial charge in [0.15, 0.2) is 0 Å². The summed E-state index contributed by atoms with van der Waals surface area (Å²) in [5, 5.41) is 12.6. The molecule has 1 aliphatic rings. The Hall–Kier alpha value is -1.86. The van der Waals surface area contributed by atoms with E-state index in [1.807, 2.05) is 17.9 Å². The third kappa shape index (κ3) is 4.75. The summed E-state index contributed by atoms with van der Waals surface area (Å²) in [6.07, 6.45) is 3.97. The molecule has 3 heterocycles. The Labute approximate surface area is 171 Å². The largest absolute Gasteiger partial charge is 0.361 e. The van der Waals surface area contributed by atoms with Gasteiger partial charge in [0.2, 0.25) is 5.91 Å². The first-order valence-electron chi connectivity index (χ1n) is 10.0. The van der Waals surface area contributed by atoms with Crippen molar-refractivity contribution in [1.82, 2.24) is 25.2 Å². The number of halogens is 1. The van der Waals surface area contributed by atoms with E-state index in [1.165, 1.54) is 0 Å². The number of aromatic nitrogens is 3. The maximum atomic E-state index is 13.2. The van der Waals surface area contributed by atoms with Crippen LogP contribution in [0.25, 0.3) is 11.4 Å². The van der Waals surface area contributed by atoms with E-state index in [9.17, 15) is 4.79 Å². The molecule has 0 spiro atoms. The molecule has 7 nitrogen and oxygen atoms in total. The van der Waals surface area contributed by atoms with Crippen LogP contribution in [0.2, 0.25) is 5.15 Å². The van der Waals surface area contributed by atoms with Gasteiger partial charge < -0.3 is 14.7 Å². The van der Waals surface area contributed by atoms with E-state index in [0.29, 0.717) is 34.8 Å². The monoisotopic (exact) mass is 407 g/mol. The van der Waals surface area contributed by atoms with Gasteiger partial charge in [-0.15, -0.1) is 0 Å². The van der Waals surface area contributed by atoms with Gasteiger partial charge in [-0.2, -0.15) is 5.10 Å². The molecule has 0 bridgehead atoms. The lowest BCUT2D eigenvalue weighted by atomic mass is 10.1. The van der Waals surface area contributed by atoms with Gasteiger partial charge in [0.05, 0.1) is 12.6 Å². The first-order valence-corrected chi connectivity index (χ1v) is 10.4. The Balaban J connectivity index is 1.79. The minimum Gasteiger partial charge on any atom is -0.361 e. The van der Waals surface area contributed by atoms with Gasteiger partial charge in [-0.1, -0.05) is 30.6 Å². The van der Waals surface area contributed by atoms with Crippen LogP contribution in [0.5, 0.6) is 0 Å². The number of amides is 1. The van der Waals surface area contributed by atoms with Gasteiger partial charge in [-0.05, 0) is 45.1 Å². The fourth-order valence-electron chi connectivity index (χ4n) is 3.56. The maximum absolute atomic E-state index is 13.2. The zero-order valence-electron chi connectivity index (χ0n) is 17.2. The van der Waals surface area contributed by atoms with Gasteiger partial charge in [0.25, 0.3) is 0 Å². The highest BCUT2D eigenvalue weighted by Crippen LogP contribution is 2.30. The van der Waals surface area contributed by atoms with E-state index < -0.39 is 0 Å². The SMILES string of the molecule is Cc1cc(-c2nn(C)c(Cl)c2CN2CCCCC(NCCC(C)C)C2=O)no1. The van der Waals surface area contributed by atoms with Gasteiger partial charge in [0.1, 0.15) is 22.3 Å². The molecule has 0 aliphatic carbocycles. The summed E-state index contributed by atoms with van der Waals surface area (Å²) >= 11 is 6.52. The molecule has 1 aliphatic heterocycles.